The molecule has 2 amide bonds. The van der Waals surface area contributed by atoms with Crippen LogP contribution in [0.4, 0.5) is 5.69 Å². The van der Waals surface area contributed by atoms with E-state index in [2.05, 4.69) is 20.8 Å². The molecule has 116 valence electrons. The molecule has 0 bridgehead atoms. The summed E-state index contributed by atoms with van der Waals surface area (Å²) < 4.78 is 4.87. The SMILES string of the molecule is COCCNC(=O)c1cccc(NC(=O)c2nnc(C)s2)c1. The Hall–Kier alpha value is -2.32. The Morgan fingerprint density at radius 2 is 2.09 bits per heavy atom. The quantitative estimate of drug-likeness (QED) is 0.786. The van der Waals surface area contributed by atoms with Crippen LogP contribution in [-0.4, -0.2) is 42.3 Å². The van der Waals surface area contributed by atoms with Crippen molar-refractivity contribution in [1.29, 1.82) is 0 Å². The Kier molecular flexibility index (Phi) is 5.56. The van der Waals surface area contributed by atoms with E-state index in [0.29, 0.717) is 24.4 Å². The Morgan fingerprint density at radius 3 is 2.77 bits per heavy atom. The van der Waals surface area contributed by atoms with Crippen molar-refractivity contribution in [3.63, 3.8) is 0 Å². The molecular weight excluding hydrogens is 304 g/mol. The van der Waals surface area contributed by atoms with E-state index in [9.17, 15) is 9.59 Å². The largest absolute Gasteiger partial charge is 0.383 e. The molecule has 0 radical (unpaired) electrons. The maximum atomic E-state index is 12.0. The molecule has 0 aliphatic heterocycles. The fourth-order valence-corrected chi connectivity index (χ4v) is 2.27. The first-order valence-electron chi connectivity index (χ1n) is 6.59. The standard InChI is InChI=1S/C14H16N4O3S/c1-9-17-18-14(22-9)13(20)16-11-5-3-4-10(8-11)12(19)15-6-7-21-2/h3-5,8H,6-7H2,1-2H3,(H,15,19)(H,16,20). The Morgan fingerprint density at radius 1 is 1.27 bits per heavy atom. The maximum Gasteiger partial charge on any atom is 0.286 e. The molecule has 2 N–H and O–H groups in total. The highest BCUT2D eigenvalue weighted by Crippen LogP contribution is 2.14. The lowest BCUT2D eigenvalue weighted by molar-refractivity contribution is 0.0936. The first kappa shape index (κ1) is 16.1. The molecule has 1 aromatic carbocycles. The third-order valence-electron chi connectivity index (χ3n) is 2.69. The topological polar surface area (TPSA) is 93.2 Å². The highest BCUT2D eigenvalue weighted by Gasteiger charge is 2.12. The van der Waals surface area contributed by atoms with Crippen LogP contribution in [0, 0.1) is 6.92 Å². The van der Waals surface area contributed by atoms with Gasteiger partial charge in [0.2, 0.25) is 5.01 Å². The summed E-state index contributed by atoms with van der Waals surface area (Å²) in [5.74, 6) is -0.567. The summed E-state index contributed by atoms with van der Waals surface area (Å²) in [5.41, 5.74) is 0.986. The van der Waals surface area contributed by atoms with E-state index in [-0.39, 0.29) is 16.8 Å². The molecule has 0 saturated heterocycles. The smallest absolute Gasteiger partial charge is 0.286 e. The van der Waals surface area contributed by atoms with Gasteiger partial charge >= 0.3 is 0 Å². The molecule has 0 spiro atoms. The number of nitrogens with zero attached hydrogens (tertiary/aromatic N) is 2. The number of amides is 2. The molecule has 0 fully saturated rings. The van der Waals surface area contributed by atoms with Gasteiger partial charge < -0.3 is 15.4 Å². The van der Waals surface area contributed by atoms with E-state index >= 15 is 0 Å². The summed E-state index contributed by atoms with van der Waals surface area (Å²) in [6, 6.07) is 6.69. The molecular formula is C14H16N4O3S. The molecule has 0 atom stereocenters. The number of hydrogen-bond donors (Lipinski definition) is 2. The number of aromatic nitrogens is 2. The van der Waals surface area contributed by atoms with Crippen molar-refractivity contribution in [2.45, 2.75) is 6.92 Å². The summed E-state index contributed by atoms with van der Waals surface area (Å²) in [6.07, 6.45) is 0. The summed E-state index contributed by atoms with van der Waals surface area (Å²) in [7, 11) is 1.57. The first-order valence-corrected chi connectivity index (χ1v) is 7.40. The van der Waals surface area contributed by atoms with E-state index in [1.165, 1.54) is 11.3 Å². The molecule has 8 heteroatoms. The van der Waals surface area contributed by atoms with Gasteiger partial charge in [0.05, 0.1) is 6.61 Å². The van der Waals surface area contributed by atoms with Crippen LogP contribution < -0.4 is 10.6 Å². The van der Waals surface area contributed by atoms with Gasteiger partial charge in [0.1, 0.15) is 5.01 Å². The minimum atomic E-state index is -0.345. The fourth-order valence-electron chi connectivity index (χ4n) is 1.68. The maximum absolute atomic E-state index is 12.0. The van der Waals surface area contributed by atoms with Crippen LogP contribution >= 0.6 is 11.3 Å². The minimum Gasteiger partial charge on any atom is -0.383 e. The molecule has 22 heavy (non-hydrogen) atoms. The van der Waals surface area contributed by atoms with Crippen molar-refractivity contribution in [2.24, 2.45) is 0 Å². The van der Waals surface area contributed by atoms with Gasteiger partial charge in [-0.05, 0) is 25.1 Å². The molecule has 2 rings (SSSR count). The van der Waals surface area contributed by atoms with Gasteiger partial charge in [0, 0.05) is 24.9 Å². The molecule has 0 aliphatic rings. The fraction of sp³-hybridized carbons (Fsp3) is 0.286. The molecule has 2 aromatic rings. The van der Waals surface area contributed by atoms with Crippen LogP contribution in [0.5, 0.6) is 0 Å². The number of methoxy groups -OCH3 is 1. The number of benzene rings is 1. The lowest BCUT2D eigenvalue weighted by Crippen LogP contribution is -2.27. The predicted octanol–water partition coefficient (Wildman–Crippen LogP) is 1.48. The summed E-state index contributed by atoms with van der Waals surface area (Å²) in [5, 5.41) is 14.0. The normalized spacial score (nSPS) is 10.3. The van der Waals surface area contributed by atoms with Crippen molar-refractivity contribution in [2.75, 3.05) is 25.6 Å². The van der Waals surface area contributed by atoms with E-state index in [1.54, 1.807) is 38.3 Å². The van der Waals surface area contributed by atoms with Gasteiger partial charge in [-0.25, -0.2) is 0 Å². The number of nitrogens with one attached hydrogen (secondary N) is 2. The molecule has 1 aromatic heterocycles. The highest BCUT2D eigenvalue weighted by molar-refractivity contribution is 7.13. The lowest BCUT2D eigenvalue weighted by Gasteiger charge is -2.07. The van der Waals surface area contributed by atoms with Crippen molar-refractivity contribution in [3.05, 3.63) is 39.8 Å². The van der Waals surface area contributed by atoms with Gasteiger partial charge in [-0.3, -0.25) is 9.59 Å². The van der Waals surface area contributed by atoms with Gasteiger partial charge in [-0.15, -0.1) is 10.2 Å². The second-order valence-electron chi connectivity index (χ2n) is 4.41. The van der Waals surface area contributed by atoms with Crippen LogP contribution in [0.15, 0.2) is 24.3 Å². The zero-order valence-electron chi connectivity index (χ0n) is 12.3. The predicted molar refractivity (Wildman–Crippen MR) is 83.3 cm³/mol. The number of carbonyl (C=O) groups is 2. The third kappa shape index (κ3) is 4.34. The van der Waals surface area contributed by atoms with Crippen LogP contribution in [0.3, 0.4) is 0 Å². The second kappa shape index (κ2) is 7.62. The Balaban J connectivity index is 2.02. The Labute approximate surface area is 131 Å². The number of aryl methyl sites for hydroxylation is 1. The molecule has 0 unspecified atom stereocenters. The van der Waals surface area contributed by atoms with Crippen LogP contribution in [0.1, 0.15) is 25.2 Å². The third-order valence-corrected chi connectivity index (χ3v) is 3.53. The zero-order chi connectivity index (χ0) is 15.9. The van der Waals surface area contributed by atoms with E-state index in [4.69, 9.17) is 4.74 Å². The Bertz CT molecular complexity index is 672. The van der Waals surface area contributed by atoms with Crippen molar-refractivity contribution < 1.29 is 14.3 Å². The second-order valence-corrected chi connectivity index (χ2v) is 5.59. The average Bonchev–Trinajstić information content (AvgIpc) is 2.94. The number of rotatable bonds is 6. The van der Waals surface area contributed by atoms with E-state index in [0.717, 1.165) is 5.01 Å². The molecule has 1 heterocycles. The summed E-state index contributed by atoms with van der Waals surface area (Å²) >= 11 is 1.21. The van der Waals surface area contributed by atoms with Crippen molar-refractivity contribution in [1.82, 2.24) is 15.5 Å². The van der Waals surface area contributed by atoms with Crippen molar-refractivity contribution in [3.8, 4) is 0 Å². The van der Waals surface area contributed by atoms with Gasteiger partial charge in [-0.1, -0.05) is 17.4 Å². The van der Waals surface area contributed by atoms with E-state index < -0.39 is 0 Å². The monoisotopic (exact) mass is 320 g/mol. The van der Waals surface area contributed by atoms with Crippen molar-refractivity contribution >= 4 is 28.8 Å². The number of ether oxygens (including phenoxy) is 1. The zero-order valence-corrected chi connectivity index (χ0v) is 13.1. The molecule has 0 aliphatic carbocycles. The number of hydrogen-bond acceptors (Lipinski definition) is 6. The highest BCUT2D eigenvalue weighted by atomic mass is 32.1. The van der Waals surface area contributed by atoms with Gasteiger partial charge in [0.25, 0.3) is 11.8 Å². The summed E-state index contributed by atoms with van der Waals surface area (Å²) in [6.45, 7) is 2.65. The lowest BCUT2D eigenvalue weighted by atomic mass is 10.2. The molecule has 0 saturated carbocycles. The number of anilines is 1. The van der Waals surface area contributed by atoms with Gasteiger partial charge in [-0.2, -0.15) is 0 Å². The van der Waals surface area contributed by atoms with Crippen LogP contribution in [0.2, 0.25) is 0 Å². The van der Waals surface area contributed by atoms with E-state index in [1.807, 2.05) is 0 Å². The minimum absolute atomic E-state index is 0.222. The average molecular weight is 320 g/mol. The molecule has 7 nitrogen and oxygen atoms in total. The van der Waals surface area contributed by atoms with Crippen LogP contribution in [-0.2, 0) is 4.74 Å². The van der Waals surface area contributed by atoms with Gasteiger partial charge in [0.15, 0.2) is 0 Å². The number of carbonyl (C=O) groups excluding carboxylic acids is 2. The summed E-state index contributed by atoms with van der Waals surface area (Å²) in [4.78, 5) is 23.9. The first-order chi connectivity index (χ1) is 10.6. The van der Waals surface area contributed by atoms with Crippen LogP contribution in [0.25, 0.3) is 0 Å².